The lowest BCUT2D eigenvalue weighted by Gasteiger charge is -2.07. The Morgan fingerprint density at radius 1 is 1.17 bits per heavy atom. The first-order chi connectivity index (χ1) is 11.0. The molecule has 0 fully saturated rings. The lowest BCUT2D eigenvalue weighted by molar-refractivity contribution is -0.115. The molecule has 0 aliphatic carbocycles. The topological polar surface area (TPSA) is 127 Å². The van der Waals surface area contributed by atoms with Crippen LogP contribution in [0.2, 0.25) is 0 Å². The van der Waals surface area contributed by atoms with Crippen LogP contribution in [0.1, 0.15) is 26.3 Å². The molecule has 3 amide bonds. The zero-order valence-electron chi connectivity index (χ0n) is 12.2. The quantitative estimate of drug-likeness (QED) is 0.620. The molecular weight excluding hydrogens is 316 g/mol. The summed E-state index contributed by atoms with van der Waals surface area (Å²) < 4.78 is 0. The standard InChI is InChI=1S/C15H16N4O3S/c16-7-9-2-1-3-10(6-9)14(22)18-8-12(20)19-15-11(13(17)21)4-5-23-15/h1-6H,7-8,16H2,(H2,17,21)(H,18,22)(H,19,20). The Kier molecular flexibility index (Phi) is 5.45. The third-order valence-electron chi connectivity index (χ3n) is 3.02. The maximum Gasteiger partial charge on any atom is 0.251 e. The van der Waals surface area contributed by atoms with Crippen molar-refractivity contribution in [3.05, 3.63) is 52.4 Å². The van der Waals surface area contributed by atoms with Crippen molar-refractivity contribution in [3.63, 3.8) is 0 Å². The van der Waals surface area contributed by atoms with Gasteiger partial charge in [0.15, 0.2) is 0 Å². The smallest absolute Gasteiger partial charge is 0.251 e. The van der Waals surface area contributed by atoms with Crippen LogP contribution in [0.4, 0.5) is 5.00 Å². The highest BCUT2D eigenvalue weighted by molar-refractivity contribution is 7.14. The minimum atomic E-state index is -0.621. The summed E-state index contributed by atoms with van der Waals surface area (Å²) >= 11 is 1.18. The molecule has 2 aromatic rings. The van der Waals surface area contributed by atoms with Gasteiger partial charge in [0.25, 0.3) is 11.8 Å². The van der Waals surface area contributed by atoms with E-state index >= 15 is 0 Å². The van der Waals surface area contributed by atoms with Crippen LogP contribution in [0.25, 0.3) is 0 Å². The van der Waals surface area contributed by atoms with Crippen molar-refractivity contribution in [1.82, 2.24) is 5.32 Å². The molecule has 0 atom stereocenters. The van der Waals surface area contributed by atoms with Crippen LogP contribution in [0.5, 0.6) is 0 Å². The van der Waals surface area contributed by atoms with E-state index in [0.29, 0.717) is 17.1 Å². The summed E-state index contributed by atoms with van der Waals surface area (Å²) in [7, 11) is 0. The molecule has 2 rings (SSSR count). The second-order valence-corrected chi connectivity index (χ2v) is 5.58. The van der Waals surface area contributed by atoms with E-state index in [-0.39, 0.29) is 18.0 Å². The number of thiophene rings is 1. The monoisotopic (exact) mass is 332 g/mol. The van der Waals surface area contributed by atoms with Crippen molar-refractivity contribution >= 4 is 34.1 Å². The van der Waals surface area contributed by atoms with Crippen LogP contribution in [0, 0.1) is 0 Å². The summed E-state index contributed by atoms with van der Waals surface area (Å²) in [5.74, 6) is -1.45. The molecule has 7 nitrogen and oxygen atoms in total. The number of amides is 3. The Hall–Kier alpha value is -2.71. The number of carbonyl (C=O) groups excluding carboxylic acids is 3. The third-order valence-corrected chi connectivity index (χ3v) is 3.85. The van der Waals surface area contributed by atoms with E-state index in [4.69, 9.17) is 11.5 Å². The third kappa shape index (κ3) is 4.38. The van der Waals surface area contributed by atoms with Gasteiger partial charge in [0.2, 0.25) is 5.91 Å². The van der Waals surface area contributed by atoms with Gasteiger partial charge in [-0.1, -0.05) is 12.1 Å². The first kappa shape index (κ1) is 16.7. The van der Waals surface area contributed by atoms with E-state index in [9.17, 15) is 14.4 Å². The predicted molar refractivity (Wildman–Crippen MR) is 88.1 cm³/mol. The van der Waals surface area contributed by atoms with Crippen molar-refractivity contribution in [2.75, 3.05) is 11.9 Å². The van der Waals surface area contributed by atoms with Crippen LogP contribution in [0.3, 0.4) is 0 Å². The van der Waals surface area contributed by atoms with E-state index in [1.54, 1.807) is 23.6 Å². The van der Waals surface area contributed by atoms with Gasteiger partial charge < -0.3 is 22.1 Å². The Bertz CT molecular complexity index is 742. The summed E-state index contributed by atoms with van der Waals surface area (Å²) in [5, 5.41) is 7.06. The van der Waals surface area contributed by atoms with Crippen molar-refractivity contribution in [1.29, 1.82) is 0 Å². The SMILES string of the molecule is NCc1cccc(C(=O)NCC(=O)Nc2sccc2C(N)=O)c1. The number of nitrogens with two attached hydrogens (primary N) is 2. The molecule has 0 aliphatic heterocycles. The molecule has 0 bridgehead atoms. The fraction of sp³-hybridized carbons (Fsp3) is 0.133. The van der Waals surface area contributed by atoms with Crippen LogP contribution >= 0.6 is 11.3 Å². The average Bonchev–Trinajstić information content (AvgIpc) is 3.01. The second kappa shape index (κ2) is 7.52. The molecule has 1 aromatic heterocycles. The minimum Gasteiger partial charge on any atom is -0.366 e. The summed E-state index contributed by atoms with van der Waals surface area (Å²) in [6, 6.07) is 8.36. The Labute approximate surface area is 136 Å². The normalized spacial score (nSPS) is 10.1. The molecule has 0 saturated heterocycles. The molecule has 6 N–H and O–H groups in total. The molecule has 0 saturated carbocycles. The first-order valence-electron chi connectivity index (χ1n) is 6.75. The molecule has 1 aromatic carbocycles. The van der Waals surface area contributed by atoms with Crippen molar-refractivity contribution in [2.24, 2.45) is 11.5 Å². The van der Waals surface area contributed by atoms with Crippen LogP contribution in [-0.4, -0.2) is 24.3 Å². The zero-order valence-corrected chi connectivity index (χ0v) is 13.0. The Balaban J connectivity index is 1.92. The molecule has 0 spiro atoms. The summed E-state index contributed by atoms with van der Waals surface area (Å²) in [6.07, 6.45) is 0. The number of benzene rings is 1. The molecule has 23 heavy (non-hydrogen) atoms. The Morgan fingerprint density at radius 2 is 1.96 bits per heavy atom. The average molecular weight is 332 g/mol. The molecular formula is C15H16N4O3S. The fourth-order valence-corrected chi connectivity index (χ4v) is 2.68. The van der Waals surface area contributed by atoms with Gasteiger partial charge in [-0.3, -0.25) is 14.4 Å². The van der Waals surface area contributed by atoms with Gasteiger partial charge in [-0.15, -0.1) is 11.3 Å². The lowest BCUT2D eigenvalue weighted by Crippen LogP contribution is -2.33. The second-order valence-electron chi connectivity index (χ2n) is 4.66. The fourth-order valence-electron chi connectivity index (χ4n) is 1.87. The summed E-state index contributed by atoms with van der Waals surface area (Å²) in [4.78, 5) is 35.0. The van der Waals surface area contributed by atoms with Crippen molar-refractivity contribution in [3.8, 4) is 0 Å². The summed E-state index contributed by atoms with van der Waals surface area (Å²) in [5.41, 5.74) is 12.2. The number of anilines is 1. The number of primary amides is 1. The van der Waals surface area contributed by atoms with Gasteiger partial charge in [0.1, 0.15) is 5.00 Å². The zero-order chi connectivity index (χ0) is 16.8. The molecule has 0 radical (unpaired) electrons. The minimum absolute atomic E-state index is 0.220. The maximum absolute atomic E-state index is 12.0. The highest BCUT2D eigenvalue weighted by atomic mass is 32.1. The predicted octanol–water partition coefficient (Wildman–Crippen LogP) is 0.674. The van der Waals surface area contributed by atoms with Gasteiger partial charge >= 0.3 is 0 Å². The highest BCUT2D eigenvalue weighted by Gasteiger charge is 2.13. The summed E-state index contributed by atoms with van der Waals surface area (Å²) in [6.45, 7) is 0.109. The van der Waals surface area contributed by atoms with E-state index in [1.165, 1.54) is 17.4 Å². The van der Waals surface area contributed by atoms with Gasteiger partial charge in [-0.2, -0.15) is 0 Å². The van der Waals surface area contributed by atoms with E-state index in [2.05, 4.69) is 10.6 Å². The molecule has 0 unspecified atom stereocenters. The van der Waals surface area contributed by atoms with E-state index < -0.39 is 11.8 Å². The molecule has 1 heterocycles. The number of nitrogens with one attached hydrogen (secondary N) is 2. The number of rotatable bonds is 6. The van der Waals surface area contributed by atoms with Gasteiger partial charge in [0, 0.05) is 12.1 Å². The van der Waals surface area contributed by atoms with Gasteiger partial charge in [0.05, 0.1) is 12.1 Å². The highest BCUT2D eigenvalue weighted by Crippen LogP contribution is 2.22. The van der Waals surface area contributed by atoms with Crippen LogP contribution in [0.15, 0.2) is 35.7 Å². The molecule has 8 heteroatoms. The van der Waals surface area contributed by atoms with Gasteiger partial charge in [-0.25, -0.2) is 0 Å². The van der Waals surface area contributed by atoms with Crippen LogP contribution < -0.4 is 22.1 Å². The number of carbonyl (C=O) groups is 3. The first-order valence-corrected chi connectivity index (χ1v) is 7.63. The van der Waals surface area contributed by atoms with Crippen LogP contribution in [-0.2, 0) is 11.3 Å². The maximum atomic E-state index is 12.0. The van der Waals surface area contributed by atoms with Crippen molar-refractivity contribution < 1.29 is 14.4 Å². The Morgan fingerprint density at radius 3 is 2.65 bits per heavy atom. The number of hydrogen-bond donors (Lipinski definition) is 4. The van der Waals surface area contributed by atoms with E-state index in [0.717, 1.165) is 5.56 Å². The molecule has 120 valence electrons. The largest absolute Gasteiger partial charge is 0.366 e. The molecule has 0 aliphatic rings. The number of hydrogen-bond acceptors (Lipinski definition) is 5. The van der Waals surface area contributed by atoms with Crippen molar-refractivity contribution in [2.45, 2.75) is 6.54 Å². The van der Waals surface area contributed by atoms with Gasteiger partial charge in [-0.05, 0) is 29.1 Å². The van der Waals surface area contributed by atoms with E-state index in [1.807, 2.05) is 6.07 Å². The lowest BCUT2D eigenvalue weighted by atomic mass is 10.1.